The third kappa shape index (κ3) is 3.71. The van der Waals surface area contributed by atoms with Crippen molar-refractivity contribution in [3.05, 3.63) is 0 Å². The van der Waals surface area contributed by atoms with E-state index >= 15 is 0 Å². The van der Waals surface area contributed by atoms with Crippen LogP contribution in [-0.4, -0.2) is 42.6 Å². The number of nitriles is 3. The minimum atomic E-state index is 0. The van der Waals surface area contributed by atoms with Crippen LogP contribution in [0.1, 0.15) is 0 Å². The standard InChI is InChI=1S/C3N4.Ca/c4-1-7(2-5)3-6;. The molecule has 5 heteroatoms. The first kappa shape index (κ1) is 10.5. The van der Waals surface area contributed by atoms with Gasteiger partial charge in [-0.2, -0.15) is 15.8 Å². The molecule has 0 N–H and O–H groups in total. The van der Waals surface area contributed by atoms with Gasteiger partial charge in [-0.3, -0.25) is 0 Å². The van der Waals surface area contributed by atoms with Gasteiger partial charge in [0.2, 0.25) is 18.6 Å². The Bertz CT molecular complexity index is 134. The predicted octanol–water partition coefficient (Wildman–Crippen LogP) is -0.649. The first-order valence-electron chi connectivity index (χ1n) is 1.34. The molecular weight excluding hydrogens is 132 g/mol. The molecule has 0 saturated heterocycles. The molecule has 0 saturated carbocycles. The van der Waals surface area contributed by atoms with E-state index in [-0.39, 0.29) is 37.7 Å². The molecule has 0 aliphatic rings. The number of nitrogens with zero attached hydrogens (tertiary/aromatic N) is 4. The quantitative estimate of drug-likeness (QED) is 0.249. The average Bonchev–Trinajstić information content (AvgIpc) is 1.72. The SMILES string of the molecule is N#CN(C#N)C#N.[Ca]. The summed E-state index contributed by atoms with van der Waals surface area (Å²) in [5.74, 6) is 0. The molecule has 0 spiro atoms. The zero-order valence-electron chi connectivity index (χ0n) is 4.00. The van der Waals surface area contributed by atoms with E-state index in [2.05, 4.69) is 0 Å². The van der Waals surface area contributed by atoms with Gasteiger partial charge in [0.25, 0.3) is 0 Å². The molecule has 0 aromatic heterocycles. The van der Waals surface area contributed by atoms with Gasteiger partial charge in [-0.25, -0.2) is 0 Å². The number of rotatable bonds is 0. The molecule has 0 atom stereocenters. The molecular formula is C3CaN4. The molecule has 0 bridgehead atoms. The second-order valence-corrected chi connectivity index (χ2v) is 0.635. The molecule has 0 amide bonds. The summed E-state index contributed by atoms with van der Waals surface area (Å²) in [4.78, 5) is 0.292. The van der Waals surface area contributed by atoms with Crippen LogP contribution in [0, 0.1) is 34.4 Å². The minimum Gasteiger partial charge on any atom is -0.171 e. The van der Waals surface area contributed by atoms with E-state index < -0.39 is 0 Å². The van der Waals surface area contributed by atoms with Crippen LogP contribution >= 0.6 is 0 Å². The summed E-state index contributed by atoms with van der Waals surface area (Å²) in [6.45, 7) is 0. The normalized spacial score (nSPS) is 4.12. The Labute approximate surface area is 76.5 Å². The van der Waals surface area contributed by atoms with E-state index in [0.717, 1.165) is 0 Å². The maximum Gasteiger partial charge on any atom is 0.208 e. The molecule has 0 aromatic rings. The van der Waals surface area contributed by atoms with Crippen molar-refractivity contribution in [2.24, 2.45) is 0 Å². The maximum atomic E-state index is 7.76. The maximum absolute atomic E-state index is 7.76. The summed E-state index contributed by atoms with van der Waals surface area (Å²) in [6, 6.07) is 0. The zero-order valence-corrected chi connectivity index (χ0v) is 6.20. The van der Waals surface area contributed by atoms with Gasteiger partial charge in [0.05, 0.1) is 0 Å². The first-order chi connectivity index (χ1) is 3.35. The van der Waals surface area contributed by atoms with Gasteiger partial charge in [-0.15, -0.1) is 4.90 Å². The molecule has 0 aliphatic heterocycles. The van der Waals surface area contributed by atoms with Gasteiger partial charge in [-0.05, 0) is 0 Å². The average molecular weight is 132 g/mol. The number of hydrogen-bond donors (Lipinski definition) is 0. The van der Waals surface area contributed by atoms with Gasteiger partial charge in [-0.1, -0.05) is 0 Å². The summed E-state index contributed by atoms with van der Waals surface area (Å²) < 4.78 is 0. The molecule has 0 heterocycles. The Morgan fingerprint density at radius 1 is 0.875 bits per heavy atom. The topological polar surface area (TPSA) is 74.6 Å². The summed E-state index contributed by atoms with van der Waals surface area (Å²) >= 11 is 0. The van der Waals surface area contributed by atoms with Crippen LogP contribution in [-0.2, 0) is 0 Å². The monoisotopic (exact) mass is 132 g/mol. The van der Waals surface area contributed by atoms with Crippen LogP contribution in [0.2, 0.25) is 0 Å². The second-order valence-electron chi connectivity index (χ2n) is 0.635. The third-order valence-corrected chi connectivity index (χ3v) is 0.300. The molecule has 0 fully saturated rings. The van der Waals surface area contributed by atoms with Crippen molar-refractivity contribution in [2.45, 2.75) is 0 Å². The zero-order chi connectivity index (χ0) is 5.70. The van der Waals surface area contributed by atoms with Crippen LogP contribution in [0.4, 0.5) is 0 Å². The van der Waals surface area contributed by atoms with E-state index in [1.807, 2.05) is 0 Å². The van der Waals surface area contributed by atoms with Crippen LogP contribution < -0.4 is 0 Å². The second kappa shape index (κ2) is 6.53. The van der Waals surface area contributed by atoms with Crippen molar-refractivity contribution in [3.8, 4) is 18.6 Å². The molecule has 0 rings (SSSR count). The van der Waals surface area contributed by atoms with Crippen molar-refractivity contribution in [2.75, 3.05) is 0 Å². The van der Waals surface area contributed by atoms with E-state index in [1.165, 1.54) is 18.6 Å². The van der Waals surface area contributed by atoms with E-state index in [9.17, 15) is 0 Å². The van der Waals surface area contributed by atoms with Gasteiger partial charge in [0.15, 0.2) is 0 Å². The van der Waals surface area contributed by atoms with Crippen molar-refractivity contribution in [1.82, 2.24) is 4.90 Å². The Morgan fingerprint density at radius 2 is 1.12 bits per heavy atom. The molecule has 34 valence electrons. The van der Waals surface area contributed by atoms with Gasteiger partial charge in [0, 0.05) is 37.7 Å². The Hall–Kier alpha value is -0.470. The summed E-state index contributed by atoms with van der Waals surface area (Å²) in [5.41, 5.74) is 0. The first-order valence-corrected chi connectivity index (χ1v) is 1.34. The molecule has 0 unspecified atom stereocenters. The van der Waals surface area contributed by atoms with E-state index in [0.29, 0.717) is 4.90 Å². The fraction of sp³-hybridized carbons (Fsp3) is 0. The Balaban J connectivity index is 0. The van der Waals surface area contributed by atoms with Gasteiger partial charge < -0.3 is 0 Å². The fourth-order valence-corrected chi connectivity index (χ4v) is 0.0671. The van der Waals surface area contributed by atoms with Gasteiger partial charge >= 0.3 is 0 Å². The van der Waals surface area contributed by atoms with E-state index in [1.54, 1.807) is 0 Å². The molecule has 2 radical (unpaired) electrons. The molecule has 8 heavy (non-hydrogen) atoms. The van der Waals surface area contributed by atoms with Crippen LogP contribution in [0.5, 0.6) is 0 Å². The molecule has 0 aromatic carbocycles. The van der Waals surface area contributed by atoms with Crippen LogP contribution in [0.15, 0.2) is 0 Å². The van der Waals surface area contributed by atoms with Crippen molar-refractivity contribution in [3.63, 3.8) is 0 Å². The Kier molecular flexibility index (Phi) is 8.57. The fourth-order valence-electron chi connectivity index (χ4n) is 0.0671. The number of hydrogen-bond acceptors (Lipinski definition) is 4. The largest absolute Gasteiger partial charge is 0.208 e. The Morgan fingerprint density at radius 3 is 1.12 bits per heavy atom. The van der Waals surface area contributed by atoms with Crippen molar-refractivity contribution < 1.29 is 0 Å². The van der Waals surface area contributed by atoms with Gasteiger partial charge in [0.1, 0.15) is 0 Å². The third-order valence-electron chi connectivity index (χ3n) is 0.300. The molecule has 4 nitrogen and oxygen atoms in total. The smallest absolute Gasteiger partial charge is 0.171 e. The molecule has 0 aliphatic carbocycles. The van der Waals surface area contributed by atoms with Crippen LogP contribution in [0.25, 0.3) is 0 Å². The summed E-state index contributed by atoms with van der Waals surface area (Å²) in [7, 11) is 0. The van der Waals surface area contributed by atoms with Crippen LogP contribution in [0.3, 0.4) is 0 Å². The van der Waals surface area contributed by atoms with E-state index in [4.69, 9.17) is 15.8 Å². The van der Waals surface area contributed by atoms with Crippen molar-refractivity contribution >= 4 is 37.7 Å². The minimum absolute atomic E-state index is 0. The summed E-state index contributed by atoms with van der Waals surface area (Å²) in [5, 5.41) is 23.3. The predicted molar refractivity (Wildman–Crippen MR) is 24.4 cm³/mol. The van der Waals surface area contributed by atoms with Crippen molar-refractivity contribution in [1.29, 1.82) is 15.8 Å². The summed E-state index contributed by atoms with van der Waals surface area (Å²) in [6.07, 6.45) is 3.94.